The van der Waals surface area contributed by atoms with E-state index in [1.165, 1.54) is 34.1 Å². The third-order valence-corrected chi connectivity index (χ3v) is 3.53. The van der Waals surface area contributed by atoms with E-state index >= 15 is 0 Å². The first-order valence-electron chi connectivity index (χ1n) is 5.29. The summed E-state index contributed by atoms with van der Waals surface area (Å²) in [5.74, 6) is -0.879. The van der Waals surface area contributed by atoms with Gasteiger partial charge >= 0.3 is 11.7 Å². The molecule has 0 unspecified atom stereocenters. The van der Waals surface area contributed by atoms with Gasteiger partial charge in [0.2, 0.25) is 0 Å². The summed E-state index contributed by atoms with van der Waals surface area (Å²) in [5, 5.41) is 12.6. The first-order chi connectivity index (χ1) is 9.56. The highest BCUT2D eigenvalue weighted by Gasteiger charge is 2.25. The number of nitro groups is 1. The quantitative estimate of drug-likeness (QED) is 0.543. The summed E-state index contributed by atoms with van der Waals surface area (Å²) in [6.07, 6.45) is 1.52. The highest BCUT2D eigenvalue weighted by Crippen LogP contribution is 2.34. The van der Waals surface area contributed by atoms with Crippen molar-refractivity contribution < 1.29 is 14.1 Å². The van der Waals surface area contributed by atoms with E-state index in [0.29, 0.717) is 4.96 Å². The Hall–Kier alpha value is -2.19. The zero-order chi connectivity index (χ0) is 14.3. The molecule has 1 aromatic carbocycles. The molecule has 0 aliphatic carbocycles. The number of ether oxygens (including phenoxy) is 1. The molecule has 0 N–H and O–H groups in total. The van der Waals surface area contributed by atoms with Crippen LogP contribution in [0.1, 0.15) is 0 Å². The lowest BCUT2D eigenvalue weighted by atomic mass is 10.3. The molecule has 2 aromatic heterocycles. The van der Waals surface area contributed by atoms with Crippen molar-refractivity contribution in [3.63, 3.8) is 0 Å². The minimum absolute atomic E-state index is 0.133. The molecule has 0 amide bonds. The first kappa shape index (κ1) is 12.8. The zero-order valence-electron chi connectivity index (χ0n) is 9.62. The van der Waals surface area contributed by atoms with Gasteiger partial charge in [-0.2, -0.15) is 9.38 Å². The maximum absolute atomic E-state index is 13.0. The van der Waals surface area contributed by atoms with Crippen LogP contribution in [0.15, 0.2) is 29.8 Å². The molecule has 0 saturated carbocycles. The van der Waals surface area contributed by atoms with Crippen LogP contribution >= 0.6 is 22.9 Å². The fraction of sp³-hybridized carbons (Fsp3) is 0. The van der Waals surface area contributed by atoms with Crippen LogP contribution in [0.25, 0.3) is 4.96 Å². The average Bonchev–Trinajstić information content (AvgIpc) is 2.93. The van der Waals surface area contributed by atoms with Crippen molar-refractivity contribution >= 4 is 33.7 Å². The van der Waals surface area contributed by atoms with Crippen LogP contribution < -0.4 is 4.74 Å². The molecule has 0 saturated heterocycles. The van der Waals surface area contributed by atoms with E-state index in [-0.39, 0.29) is 22.5 Å². The topological polar surface area (TPSA) is 69.7 Å². The van der Waals surface area contributed by atoms with Crippen molar-refractivity contribution in [3.8, 4) is 11.6 Å². The number of halogens is 2. The normalized spacial score (nSPS) is 10.9. The van der Waals surface area contributed by atoms with Crippen LogP contribution in [0.3, 0.4) is 0 Å². The Morgan fingerprint density at radius 3 is 3.00 bits per heavy atom. The van der Waals surface area contributed by atoms with Crippen LogP contribution in [-0.2, 0) is 0 Å². The van der Waals surface area contributed by atoms with Crippen LogP contribution in [0, 0.1) is 15.9 Å². The predicted octanol–water partition coefficient (Wildman–Crippen LogP) is 3.89. The summed E-state index contributed by atoms with van der Waals surface area (Å²) in [7, 11) is 0. The van der Waals surface area contributed by atoms with Crippen molar-refractivity contribution in [2.75, 3.05) is 0 Å². The van der Waals surface area contributed by atoms with Gasteiger partial charge in [0.25, 0.3) is 4.96 Å². The van der Waals surface area contributed by atoms with Crippen molar-refractivity contribution in [2.45, 2.75) is 0 Å². The Labute approximate surface area is 120 Å². The van der Waals surface area contributed by atoms with Crippen LogP contribution in [-0.4, -0.2) is 14.3 Å². The maximum Gasteiger partial charge on any atom is 0.393 e. The largest absolute Gasteiger partial charge is 0.432 e. The SMILES string of the molecule is O=[N+]([O-])c1c(Oc2ccc(F)c(Cl)c2)nc2sccn12. The smallest absolute Gasteiger partial charge is 0.393 e. The van der Waals surface area contributed by atoms with Gasteiger partial charge in [0.05, 0.1) is 5.02 Å². The second-order valence-corrected chi connectivity index (χ2v) is 5.01. The minimum atomic E-state index is -0.598. The number of imidazole rings is 1. The van der Waals surface area contributed by atoms with Crippen LogP contribution in [0.2, 0.25) is 5.02 Å². The van der Waals surface area contributed by atoms with Gasteiger partial charge in [-0.1, -0.05) is 22.9 Å². The highest BCUT2D eigenvalue weighted by molar-refractivity contribution is 7.15. The van der Waals surface area contributed by atoms with Crippen molar-refractivity contribution in [2.24, 2.45) is 0 Å². The monoisotopic (exact) mass is 313 g/mol. The number of hydrogen-bond donors (Lipinski definition) is 0. The van der Waals surface area contributed by atoms with Gasteiger partial charge in [0.1, 0.15) is 17.8 Å². The molecular formula is C11H5ClFN3O3S. The molecular weight excluding hydrogens is 309 g/mol. The van der Waals surface area contributed by atoms with Gasteiger partial charge in [-0.3, -0.25) is 0 Å². The Balaban J connectivity index is 2.05. The highest BCUT2D eigenvalue weighted by atomic mass is 35.5. The number of fused-ring (bicyclic) bond motifs is 1. The van der Waals surface area contributed by atoms with Crippen LogP contribution in [0.5, 0.6) is 11.6 Å². The number of thiazole rings is 1. The molecule has 3 rings (SSSR count). The molecule has 0 fully saturated rings. The van der Waals surface area contributed by atoms with Gasteiger partial charge < -0.3 is 14.9 Å². The van der Waals surface area contributed by atoms with Gasteiger partial charge in [-0.05, 0) is 17.1 Å². The van der Waals surface area contributed by atoms with Gasteiger partial charge in [-0.25, -0.2) is 4.39 Å². The van der Waals surface area contributed by atoms with E-state index in [0.717, 1.165) is 6.07 Å². The molecule has 2 heterocycles. The minimum Gasteiger partial charge on any atom is -0.432 e. The lowest BCUT2D eigenvalue weighted by Crippen LogP contribution is -1.95. The van der Waals surface area contributed by atoms with E-state index in [4.69, 9.17) is 16.3 Å². The number of hydrogen-bond acceptors (Lipinski definition) is 5. The Morgan fingerprint density at radius 1 is 1.50 bits per heavy atom. The molecule has 0 aliphatic rings. The number of rotatable bonds is 3. The molecule has 0 atom stereocenters. The molecule has 9 heteroatoms. The summed E-state index contributed by atoms with van der Waals surface area (Å²) < 4.78 is 19.7. The molecule has 3 aromatic rings. The number of aromatic nitrogens is 2. The number of nitrogens with zero attached hydrogens (tertiary/aromatic N) is 3. The Bertz CT molecular complexity index is 816. The lowest BCUT2D eigenvalue weighted by Gasteiger charge is -2.03. The molecule has 0 aliphatic heterocycles. The number of benzene rings is 1. The van der Waals surface area contributed by atoms with E-state index in [2.05, 4.69) is 4.98 Å². The molecule has 102 valence electrons. The summed E-state index contributed by atoms with van der Waals surface area (Å²) in [6.45, 7) is 0. The van der Waals surface area contributed by atoms with E-state index in [1.807, 2.05) is 0 Å². The second-order valence-electron chi connectivity index (χ2n) is 3.73. The van der Waals surface area contributed by atoms with E-state index in [9.17, 15) is 14.5 Å². The van der Waals surface area contributed by atoms with Crippen molar-refractivity contribution in [1.29, 1.82) is 0 Å². The van der Waals surface area contributed by atoms with Crippen LogP contribution in [0.4, 0.5) is 10.2 Å². The fourth-order valence-corrected chi connectivity index (χ4v) is 2.51. The zero-order valence-corrected chi connectivity index (χ0v) is 11.2. The fourth-order valence-electron chi connectivity index (χ4n) is 1.64. The molecule has 0 spiro atoms. The third kappa shape index (κ3) is 2.08. The van der Waals surface area contributed by atoms with Gasteiger partial charge in [-0.15, -0.1) is 0 Å². The lowest BCUT2D eigenvalue weighted by molar-refractivity contribution is -0.391. The van der Waals surface area contributed by atoms with Crippen molar-refractivity contribution in [1.82, 2.24) is 9.38 Å². The first-order valence-corrected chi connectivity index (χ1v) is 6.55. The third-order valence-electron chi connectivity index (χ3n) is 2.48. The molecule has 0 radical (unpaired) electrons. The summed E-state index contributed by atoms with van der Waals surface area (Å²) >= 11 is 6.86. The average molecular weight is 314 g/mol. The second kappa shape index (κ2) is 4.73. The molecule has 0 bridgehead atoms. The van der Waals surface area contributed by atoms with E-state index in [1.54, 1.807) is 5.38 Å². The maximum atomic E-state index is 13.0. The summed E-state index contributed by atoms with van der Waals surface area (Å²) in [4.78, 5) is 15.0. The molecule has 20 heavy (non-hydrogen) atoms. The van der Waals surface area contributed by atoms with E-state index < -0.39 is 10.7 Å². The molecule has 6 nitrogen and oxygen atoms in total. The predicted molar refractivity (Wildman–Crippen MR) is 71.2 cm³/mol. The Kier molecular flexibility index (Phi) is 3.03. The van der Waals surface area contributed by atoms with Crippen molar-refractivity contribution in [3.05, 3.63) is 50.7 Å². The van der Waals surface area contributed by atoms with Gasteiger partial charge in [0, 0.05) is 11.4 Å². The Morgan fingerprint density at radius 2 is 2.30 bits per heavy atom. The standard InChI is InChI=1S/C11H5ClFN3O3S/c12-7-5-6(1-2-8(7)13)19-9-10(16(17)18)15-3-4-20-11(15)14-9/h1-5H. The summed E-state index contributed by atoms with van der Waals surface area (Å²) in [6, 6.07) is 3.66. The summed E-state index contributed by atoms with van der Waals surface area (Å²) in [5.41, 5.74) is 0. The van der Waals surface area contributed by atoms with Gasteiger partial charge in [0.15, 0.2) is 0 Å².